The topological polar surface area (TPSA) is 138 Å². The Morgan fingerprint density at radius 1 is 0.962 bits per heavy atom. The van der Waals surface area contributed by atoms with Crippen LogP contribution in [0.3, 0.4) is 0 Å². The third-order valence-corrected chi connectivity index (χ3v) is 3.90. The van der Waals surface area contributed by atoms with Gasteiger partial charge in [-0.05, 0) is 48.4 Å². The molecular formula is C18H16N4O4. The minimum Gasteiger partial charge on any atom is -0.366 e. The molecule has 0 unspecified atom stereocenters. The van der Waals surface area contributed by atoms with Crippen molar-refractivity contribution in [2.45, 2.75) is 12.8 Å². The zero-order chi connectivity index (χ0) is 18.7. The Hall–Kier alpha value is -3.68. The first-order valence-electron chi connectivity index (χ1n) is 7.87. The minimum atomic E-state index is -0.729. The number of carbonyl (C=O) groups is 3. The molecule has 132 valence electrons. The molecule has 2 aromatic carbocycles. The fourth-order valence-corrected chi connectivity index (χ4v) is 2.53. The van der Waals surface area contributed by atoms with Gasteiger partial charge >= 0.3 is 5.69 Å². The SMILES string of the molecule is NC(=O)c1ccc(NC(=O)C(=O)CCc2ccc3[nH]c(=O)[nH]c3c2)cc1. The summed E-state index contributed by atoms with van der Waals surface area (Å²) in [6.45, 7) is 0. The number of imidazole rings is 1. The van der Waals surface area contributed by atoms with Gasteiger partial charge in [0.1, 0.15) is 0 Å². The van der Waals surface area contributed by atoms with Crippen molar-refractivity contribution in [3.05, 3.63) is 64.1 Å². The van der Waals surface area contributed by atoms with Gasteiger partial charge in [0.05, 0.1) is 11.0 Å². The number of aromatic nitrogens is 2. The molecule has 3 rings (SSSR count). The van der Waals surface area contributed by atoms with Crippen LogP contribution >= 0.6 is 0 Å². The van der Waals surface area contributed by atoms with Gasteiger partial charge in [-0.1, -0.05) is 6.07 Å². The maximum atomic E-state index is 12.0. The number of H-pyrrole nitrogens is 2. The van der Waals surface area contributed by atoms with E-state index in [2.05, 4.69) is 15.3 Å². The number of rotatable bonds is 6. The van der Waals surface area contributed by atoms with Crippen molar-refractivity contribution < 1.29 is 14.4 Å². The zero-order valence-electron chi connectivity index (χ0n) is 13.7. The maximum absolute atomic E-state index is 12.0. The number of nitrogens with two attached hydrogens (primary N) is 1. The number of anilines is 1. The van der Waals surface area contributed by atoms with Gasteiger partial charge in [0.2, 0.25) is 11.7 Å². The molecule has 0 bridgehead atoms. The fourth-order valence-electron chi connectivity index (χ4n) is 2.53. The van der Waals surface area contributed by atoms with E-state index in [4.69, 9.17) is 5.73 Å². The van der Waals surface area contributed by atoms with Crippen molar-refractivity contribution in [3.63, 3.8) is 0 Å². The average Bonchev–Trinajstić information content (AvgIpc) is 2.99. The van der Waals surface area contributed by atoms with Gasteiger partial charge in [0, 0.05) is 17.7 Å². The molecule has 0 saturated carbocycles. The standard InChI is InChI=1S/C18H16N4O4/c19-16(24)11-3-5-12(6-4-11)20-17(25)15(23)8-2-10-1-7-13-14(9-10)22-18(26)21-13/h1,3-7,9H,2,8H2,(H2,19,24)(H,20,25)(H2,21,22,26). The summed E-state index contributed by atoms with van der Waals surface area (Å²) in [5.41, 5.74) is 7.73. The van der Waals surface area contributed by atoms with Crippen LogP contribution in [0, 0.1) is 0 Å². The van der Waals surface area contributed by atoms with Crippen molar-refractivity contribution in [3.8, 4) is 0 Å². The van der Waals surface area contributed by atoms with Crippen LogP contribution in [0.15, 0.2) is 47.3 Å². The van der Waals surface area contributed by atoms with Gasteiger partial charge in [0.25, 0.3) is 5.91 Å². The first-order valence-corrected chi connectivity index (χ1v) is 7.87. The van der Waals surface area contributed by atoms with E-state index in [0.29, 0.717) is 28.7 Å². The van der Waals surface area contributed by atoms with Crippen molar-refractivity contribution >= 4 is 34.3 Å². The van der Waals surface area contributed by atoms with Crippen LogP contribution in [0.5, 0.6) is 0 Å². The molecule has 26 heavy (non-hydrogen) atoms. The predicted octanol–water partition coefficient (Wildman–Crippen LogP) is 1.10. The Bertz CT molecular complexity index is 1050. The third-order valence-electron chi connectivity index (χ3n) is 3.90. The summed E-state index contributed by atoms with van der Waals surface area (Å²) >= 11 is 0. The lowest BCUT2D eigenvalue weighted by atomic mass is 10.1. The summed E-state index contributed by atoms with van der Waals surface area (Å²) in [6, 6.07) is 11.2. The number of aromatic amines is 2. The van der Waals surface area contributed by atoms with Gasteiger partial charge in [-0.25, -0.2) is 4.79 Å². The largest absolute Gasteiger partial charge is 0.366 e. The van der Waals surface area contributed by atoms with Gasteiger partial charge in [-0.2, -0.15) is 0 Å². The number of fused-ring (bicyclic) bond motifs is 1. The molecule has 1 aromatic heterocycles. The van der Waals surface area contributed by atoms with E-state index in [-0.39, 0.29) is 12.1 Å². The van der Waals surface area contributed by atoms with Crippen LogP contribution in [-0.2, 0) is 16.0 Å². The van der Waals surface area contributed by atoms with E-state index in [9.17, 15) is 19.2 Å². The molecular weight excluding hydrogens is 336 g/mol. The highest BCUT2D eigenvalue weighted by atomic mass is 16.2. The van der Waals surface area contributed by atoms with Gasteiger partial charge in [-0.3, -0.25) is 14.4 Å². The molecule has 0 aliphatic rings. The van der Waals surface area contributed by atoms with Gasteiger partial charge < -0.3 is 21.0 Å². The molecule has 2 amide bonds. The second-order valence-electron chi connectivity index (χ2n) is 5.78. The van der Waals surface area contributed by atoms with E-state index in [1.807, 2.05) is 0 Å². The lowest BCUT2D eigenvalue weighted by Crippen LogP contribution is -2.23. The number of carbonyl (C=O) groups excluding carboxylic acids is 3. The zero-order valence-corrected chi connectivity index (χ0v) is 13.7. The third kappa shape index (κ3) is 3.86. The number of primary amides is 1. The molecule has 8 heteroatoms. The number of aryl methyl sites for hydroxylation is 1. The highest BCUT2D eigenvalue weighted by molar-refractivity contribution is 6.40. The average molecular weight is 352 g/mol. The summed E-state index contributed by atoms with van der Waals surface area (Å²) < 4.78 is 0. The molecule has 8 nitrogen and oxygen atoms in total. The summed E-state index contributed by atoms with van der Waals surface area (Å²) in [7, 11) is 0. The second-order valence-corrected chi connectivity index (χ2v) is 5.78. The number of hydrogen-bond acceptors (Lipinski definition) is 4. The van der Waals surface area contributed by atoms with E-state index in [1.165, 1.54) is 24.3 Å². The van der Waals surface area contributed by atoms with Crippen molar-refractivity contribution in [2.24, 2.45) is 5.73 Å². The van der Waals surface area contributed by atoms with E-state index in [1.54, 1.807) is 18.2 Å². The highest BCUT2D eigenvalue weighted by Crippen LogP contribution is 2.13. The molecule has 0 radical (unpaired) electrons. The van der Waals surface area contributed by atoms with Crippen molar-refractivity contribution in [1.29, 1.82) is 0 Å². The van der Waals surface area contributed by atoms with Crippen LogP contribution in [0.4, 0.5) is 5.69 Å². The Morgan fingerprint density at radius 2 is 1.65 bits per heavy atom. The molecule has 3 aromatic rings. The quantitative estimate of drug-likeness (QED) is 0.493. The van der Waals surface area contributed by atoms with Crippen LogP contribution in [-0.4, -0.2) is 27.6 Å². The lowest BCUT2D eigenvalue weighted by Gasteiger charge is -2.05. The first-order chi connectivity index (χ1) is 12.4. The monoisotopic (exact) mass is 352 g/mol. The van der Waals surface area contributed by atoms with Crippen molar-refractivity contribution in [1.82, 2.24) is 9.97 Å². The number of Topliss-reactive ketones (excluding diaryl/α,β-unsaturated/α-hetero) is 1. The molecule has 1 heterocycles. The summed E-state index contributed by atoms with van der Waals surface area (Å²) in [4.78, 5) is 51.5. The molecule has 0 atom stereocenters. The van der Waals surface area contributed by atoms with E-state index in [0.717, 1.165) is 5.56 Å². The lowest BCUT2D eigenvalue weighted by molar-refractivity contribution is -0.134. The highest BCUT2D eigenvalue weighted by Gasteiger charge is 2.14. The number of nitrogens with one attached hydrogen (secondary N) is 3. The molecule has 0 aliphatic carbocycles. The molecule has 5 N–H and O–H groups in total. The van der Waals surface area contributed by atoms with Crippen molar-refractivity contribution in [2.75, 3.05) is 5.32 Å². The smallest absolute Gasteiger partial charge is 0.323 e. The van der Waals surface area contributed by atoms with Crippen LogP contribution in [0.25, 0.3) is 11.0 Å². The maximum Gasteiger partial charge on any atom is 0.323 e. The summed E-state index contributed by atoms with van der Waals surface area (Å²) in [6.07, 6.45) is 0.404. The van der Waals surface area contributed by atoms with Gasteiger partial charge in [0.15, 0.2) is 0 Å². The molecule has 0 fully saturated rings. The normalized spacial score (nSPS) is 10.6. The fraction of sp³-hybridized carbons (Fsp3) is 0.111. The number of ketones is 1. The molecule has 0 spiro atoms. The second kappa shape index (κ2) is 7.06. The minimum absolute atomic E-state index is 0.0331. The Balaban J connectivity index is 1.58. The molecule has 0 saturated heterocycles. The van der Waals surface area contributed by atoms with E-state index >= 15 is 0 Å². The number of benzene rings is 2. The van der Waals surface area contributed by atoms with Crippen LogP contribution < -0.4 is 16.7 Å². The van der Waals surface area contributed by atoms with E-state index < -0.39 is 17.6 Å². The Morgan fingerprint density at radius 3 is 2.35 bits per heavy atom. The Labute approximate surface area is 147 Å². The van der Waals surface area contributed by atoms with Crippen LogP contribution in [0.2, 0.25) is 0 Å². The first kappa shape index (κ1) is 17.2. The number of hydrogen-bond donors (Lipinski definition) is 4. The summed E-state index contributed by atoms with van der Waals surface area (Å²) in [5.74, 6) is -1.86. The Kier molecular flexibility index (Phi) is 4.66. The van der Waals surface area contributed by atoms with Crippen LogP contribution in [0.1, 0.15) is 22.3 Å². The van der Waals surface area contributed by atoms with Gasteiger partial charge in [-0.15, -0.1) is 0 Å². The molecule has 0 aliphatic heterocycles. The summed E-state index contributed by atoms with van der Waals surface area (Å²) in [5, 5.41) is 2.48. The predicted molar refractivity (Wildman–Crippen MR) is 95.8 cm³/mol. The number of amides is 2.